The molecule has 0 aliphatic carbocycles. The quantitative estimate of drug-likeness (QED) is 0.557. The molecule has 0 radical (unpaired) electrons. The first kappa shape index (κ1) is 23.1. The van der Waals surface area contributed by atoms with Gasteiger partial charge in [0.2, 0.25) is 10.0 Å². The minimum atomic E-state index is -3.62. The molecule has 10 heteroatoms. The van der Waals surface area contributed by atoms with E-state index in [1.165, 1.54) is 42.5 Å². The van der Waals surface area contributed by atoms with Crippen molar-refractivity contribution >= 4 is 27.7 Å². The van der Waals surface area contributed by atoms with Gasteiger partial charge in [0.05, 0.1) is 4.90 Å². The van der Waals surface area contributed by atoms with E-state index in [2.05, 4.69) is 0 Å². The third-order valence-electron chi connectivity index (χ3n) is 3.94. The van der Waals surface area contributed by atoms with Gasteiger partial charge in [-0.15, -0.1) is 11.8 Å². The Morgan fingerprint density at radius 2 is 1.66 bits per heavy atom. The number of hydrogen-bond donors (Lipinski definition) is 0. The molecule has 0 N–H and O–H groups in total. The highest BCUT2D eigenvalue weighted by atomic mass is 32.2. The van der Waals surface area contributed by atoms with Crippen LogP contribution < -0.4 is 4.74 Å². The molecule has 29 heavy (non-hydrogen) atoms. The maximum atomic E-state index is 14.1. The van der Waals surface area contributed by atoms with Crippen molar-refractivity contribution in [2.45, 2.75) is 9.79 Å². The molecule has 0 saturated heterocycles. The molecule has 0 bridgehead atoms. The molecule has 0 aliphatic heterocycles. The van der Waals surface area contributed by atoms with E-state index in [-0.39, 0.29) is 16.3 Å². The Labute approximate surface area is 173 Å². The molecule has 2 aromatic rings. The van der Waals surface area contributed by atoms with Crippen molar-refractivity contribution < 1.29 is 26.7 Å². The van der Waals surface area contributed by atoms with E-state index in [0.29, 0.717) is 5.75 Å². The van der Waals surface area contributed by atoms with Gasteiger partial charge in [0.1, 0.15) is 0 Å². The molecular formula is C19H22F2N2O4S2. The molecule has 1 amide bonds. The normalized spacial score (nSPS) is 11.5. The summed E-state index contributed by atoms with van der Waals surface area (Å²) in [6.45, 7) is -0.323. The van der Waals surface area contributed by atoms with Crippen LogP contribution in [-0.2, 0) is 14.8 Å². The number of amides is 1. The predicted octanol–water partition coefficient (Wildman–Crippen LogP) is 2.84. The van der Waals surface area contributed by atoms with Gasteiger partial charge in [-0.2, -0.15) is 0 Å². The van der Waals surface area contributed by atoms with Gasteiger partial charge in [0.15, 0.2) is 24.0 Å². The van der Waals surface area contributed by atoms with E-state index >= 15 is 0 Å². The Morgan fingerprint density at radius 3 is 2.21 bits per heavy atom. The maximum absolute atomic E-state index is 14.1. The first-order valence-corrected chi connectivity index (χ1v) is 11.0. The Bertz CT molecular complexity index is 931. The van der Waals surface area contributed by atoms with Gasteiger partial charge in [-0.3, -0.25) is 4.79 Å². The highest BCUT2D eigenvalue weighted by Crippen LogP contribution is 2.29. The first-order chi connectivity index (χ1) is 13.6. The average molecular weight is 445 g/mol. The van der Waals surface area contributed by atoms with Gasteiger partial charge in [-0.1, -0.05) is 18.2 Å². The zero-order valence-corrected chi connectivity index (χ0v) is 17.9. The summed E-state index contributed by atoms with van der Waals surface area (Å²) < 4.78 is 59.3. The van der Waals surface area contributed by atoms with Crippen LogP contribution in [0.2, 0.25) is 0 Å². The molecule has 0 aromatic heterocycles. The van der Waals surface area contributed by atoms with Crippen LogP contribution in [0.5, 0.6) is 5.75 Å². The lowest BCUT2D eigenvalue weighted by atomic mass is 10.3. The van der Waals surface area contributed by atoms with Gasteiger partial charge >= 0.3 is 0 Å². The lowest BCUT2D eigenvalue weighted by Gasteiger charge is -2.17. The fraction of sp³-hybridized carbons (Fsp3) is 0.316. The van der Waals surface area contributed by atoms with E-state index in [1.54, 1.807) is 18.2 Å². The van der Waals surface area contributed by atoms with Crippen LogP contribution in [0.25, 0.3) is 0 Å². The minimum absolute atomic E-state index is 0.153. The maximum Gasteiger partial charge on any atom is 0.259 e. The largest absolute Gasteiger partial charge is 0.478 e. The monoisotopic (exact) mass is 444 g/mol. The Balaban J connectivity index is 1.96. The van der Waals surface area contributed by atoms with Crippen LogP contribution in [0.3, 0.4) is 0 Å². The molecule has 0 heterocycles. The number of nitrogens with zero attached hydrogens (tertiary/aromatic N) is 2. The number of likely N-dealkylation sites (N-methyl/N-ethyl adjacent to an activating group) is 1. The van der Waals surface area contributed by atoms with Crippen LogP contribution in [0.15, 0.2) is 52.3 Å². The molecule has 0 saturated carbocycles. The summed E-state index contributed by atoms with van der Waals surface area (Å²) in [5, 5.41) is 0. The molecule has 0 aliphatic rings. The van der Waals surface area contributed by atoms with Gasteiger partial charge < -0.3 is 9.64 Å². The topological polar surface area (TPSA) is 66.9 Å². The summed E-state index contributed by atoms with van der Waals surface area (Å²) in [5.74, 6) is -2.60. The van der Waals surface area contributed by atoms with Crippen molar-refractivity contribution in [3.05, 3.63) is 54.1 Å². The SMILES string of the molecule is CN(C)C(=O)COc1c(F)cc(SCCN(C)S(=O)(=O)c2ccccc2)cc1F. The van der Waals surface area contributed by atoms with E-state index in [0.717, 1.165) is 23.9 Å². The van der Waals surface area contributed by atoms with Crippen LogP contribution in [0, 0.1) is 11.6 Å². The van der Waals surface area contributed by atoms with Gasteiger partial charge in [-0.05, 0) is 24.3 Å². The molecular weight excluding hydrogens is 422 g/mol. The van der Waals surface area contributed by atoms with Crippen molar-refractivity contribution in [1.82, 2.24) is 9.21 Å². The highest BCUT2D eigenvalue weighted by molar-refractivity contribution is 7.99. The second-order valence-electron chi connectivity index (χ2n) is 6.28. The van der Waals surface area contributed by atoms with Crippen molar-refractivity contribution in [3.8, 4) is 5.75 Å². The number of carbonyl (C=O) groups excluding carboxylic acids is 1. The predicted molar refractivity (Wildman–Crippen MR) is 108 cm³/mol. The van der Waals surface area contributed by atoms with Crippen LogP contribution in [0.1, 0.15) is 0 Å². The fourth-order valence-electron chi connectivity index (χ4n) is 2.21. The van der Waals surface area contributed by atoms with Crippen molar-refractivity contribution in [3.63, 3.8) is 0 Å². The number of ether oxygens (including phenoxy) is 1. The Hall–Kier alpha value is -2.17. The van der Waals surface area contributed by atoms with E-state index in [4.69, 9.17) is 4.74 Å². The first-order valence-electron chi connectivity index (χ1n) is 8.59. The summed E-state index contributed by atoms with van der Waals surface area (Å²) in [7, 11) is 0.838. The van der Waals surface area contributed by atoms with E-state index < -0.39 is 39.9 Å². The number of sulfonamides is 1. The van der Waals surface area contributed by atoms with Crippen LogP contribution in [0.4, 0.5) is 8.78 Å². The molecule has 0 fully saturated rings. The molecule has 158 valence electrons. The summed E-state index contributed by atoms with van der Waals surface area (Å²) in [5.41, 5.74) is 0. The standard InChI is InChI=1S/C19H22F2N2O4S2/c1-22(2)18(24)13-27-19-16(20)11-14(12-17(19)21)28-10-9-23(3)29(25,26)15-7-5-4-6-8-15/h4-8,11-12H,9-10,13H2,1-3H3. The van der Waals surface area contributed by atoms with Crippen molar-refractivity contribution in [1.29, 1.82) is 0 Å². The van der Waals surface area contributed by atoms with E-state index in [9.17, 15) is 22.0 Å². The molecule has 2 rings (SSSR count). The lowest BCUT2D eigenvalue weighted by Crippen LogP contribution is -2.29. The van der Waals surface area contributed by atoms with Gasteiger partial charge in [-0.25, -0.2) is 21.5 Å². The van der Waals surface area contributed by atoms with E-state index in [1.807, 2.05) is 0 Å². The highest BCUT2D eigenvalue weighted by Gasteiger charge is 2.20. The van der Waals surface area contributed by atoms with Crippen LogP contribution in [-0.4, -0.2) is 63.6 Å². The number of rotatable bonds is 9. The Morgan fingerprint density at radius 1 is 1.07 bits per heavy atom. The summed E-state index contributed by atoms with van der Waals surface area (Å²) in [6, 6.07) is 10.2. The number of halogens is 2. The number of hydrogen-bond acceptors (Lipinski definition) is 5. The summed E-state index contributed by atoms with van der Waals surface area (Å²) in [6.07, 6.45) is 0. The fourth-order valence-corrected chi connectivity index (χ4v) is 4.49. The molecule has 0 spiro atoms. The number of thioether (sulfide) groups is 1. The third kappa shape index (κ3) is 6.15. The summed E-state index contributed by atoms with van der Waals surface area (Å²) >= 11 is 1.11. The minimum Gasteiger partial charge on any atom is -0.478 e. The lowest BCUT2D eigenvalue weighted by molar-refractivity contribution is -0.130. The molecule has 0 atom stereocenters. The smallest absolute Gasteiger partial charge is 0.259 e. The van der Waals surface area contributed by atoms with Gasteiger partial charge in [0.25, 0.3) is 5.91 Å². The Kier molecular flexibility index (Phi) is 8.00. The van der Waals surface area contributed by atoms with Crippen molar-refractivity contribution in [2.75, 3.05) is 40.0 Å². The second-order valence-corrected chi connectivity index (χ2v) is 9.49. The summed E-state index contributed by atoms with van der Waals surface area (Å²) in [4.78, 5) is 13.2. The number of carbonyl (C=O) groups is 1. The number of benzene rings is 2. The van der Waals surface area contributed by atoms with Crippen molar-refractivity contribution in [2.24, 2.45) is 0 Å². The zero-order valence-electron chi connectivity index (χ0n) is 16.3. The molecule has 6 nitrogen and oxygen atoms in total. The molecule has 0 unspecified atom stereocenters. The van der Waals surface area contributed by atoms with Crippen LogP contribution >= 0.6 is 11.8 Å². The zero-order chi connectivity index (χ0) is 21.6. The molecule has 2 aromatic carbocycles. The second kappa shape index (κ2) is 10.0. The third-order valence-corrected chi connectivity index (χ3v) is 6.76. The van der Waals surface area contributed by atoms with Gasteiger partial charge in [0, 0.05) is 38.3 Å². The average Bonchev–Trinajstić information content (AvgIpc) is 2.67.